The van der Waals surface area contributed by atoms with Crippen LogP contribution in [-0.2, 0) is 19.1 Å². The lowest BCUT2D eigenvalue weighted by atomic mass is 9.95. The molecule has 0 amide bonds. The first-order chi connectivity index (χ1) is 9.00. The van der Waals surface area contributed by atoms with Crippen molar-refractivity contribution in [1.82, 2.24) is 4.90 Å². The van der Waals surface area contributed by atoms with Crippen LogP contribution in [0.1, 0.15) is 13.3 Å². The van der Waals surface area contributed by atoms with Crippen LogP contribution in [0, 0.1) is 0 Å². The Morgan fingerprint density at radius 1 is 1.37 bits per heavy atom. The van der Waals surface area contributed by atoms with Gasteiger partial charge in [-0.15, -0.1) is 0 Å². The zero-order chi connectivity index (χ0) is 14.3. The molecule has 0 aromatic rings. The zero-order valence-electron chi connectivity index (χ0n) is 11.4. The second-order valence-corrected chi connectivity index (χ2v) is 4.50. The number of nitrogens with zero attached hydrogens (tertiary/aromatic N) is 1. The molecular formula is C13H21NO5. The van der Waals surface area contributed by atoms with Crippen LogP contribution in [-0.4, -0.2) is 67.3 Å². The fraction of sp³-hybridized carbons (Fsp3) is 0.692. The van der Waals surface area contributed by atoms with E-state index in [0.29, 0.717) is 19.8 Å². The lowest BCUT2D eigenvalue weighted by Gasteiger charge is -2.25. The molecule has 108 valence electrons. The first-order valence-electron chi connectivity index (χ1n) is 6.27. The number of rotatable bonds is 6. The van der Waals surface area contributed by atoms with Crippen LogP contribution in [0.5, 0.6) is 0 Å². The van der Waals surface area contributed by atoms with E-state index in [1.165, 1.54) is 6.92 Å². The molecule has 1 rings (SSSR count). The summed E-state index contributed by atoms with van der Waals surface area (Å²) in [5.74, 6) is -1.54. The Bertz CT molecular complexity index is 349. The van der Waals surface area contributed by atoms with Crippen molar-refractivity contribution in [3.05, 3.63) is 12.2 Å². The molecule has 0 bridgehead atoms. The SMILES string of the molecule is COC(=O)[C@](O)(C/C=C/CN1CCOCC1)C(C)=O. The molecule has 6 heteroatoms. The molecule has 0 aliphatic carbocycles. The third-order valence-corrected chi connectivity index (χ3v) is 3.15. The van der Waals surface area contributed by atoms with Crippen LogP contribution >= 0.6 is 0 Å². The molecule has 6 nitrogen and oxygen atoms in total. The van der Waals surface area contributed by atoms with Gasteiger partial charge in [-0.3, -0.25) is 9.69 Å². The highest BCUT2D eigenvalue weighted by Crippen LogP contribution is 2.15. The Labute approximate surface area is 113 Å². The van der Waals surface area contributed by atoms with E-state index in [9.17, 15) is 14.7 Å². The van der Waals surface area contributed by atoms with Crippen LogP contribution in [0.15, 0.2) is 12.2 Å². The average Bonchev–Trinajstić information content (AvgIpc) is 2.43. The fourth-order valence-corrected chi connectivity index (χ4v) is 1.80. The van der Waals surface area contributed by atoms with Crippen molar-refractivity contribution in [3.8, 4) is 0 Å². The highest BCUT2D eigenvalue weighted by atomic mass is 16.5. The first-order valence-corrected chi connectivity index (χ1v) is 6.27. The highest BCUT2D eigenvalue weighted by Gasteiger charge is 2.41. The Morgan fingerprint density at radius 3 is 2.53 bits per heavy atom. The van der Waals surface area contributed by atoms with Gasteiger partial charge in [-0.2, -0.15) is 0 Å². The summed E-state index contributed by atoms with van der Waals surface area (Å²) in [5.41, 5.74) is -2.07. The number of hydrogen-bond acceptors (Lipinski definition) is 6. The summed E-state index contributed by atoms with van der Waals surface area (Å²) in [6, 6.07) is 0. The normalized spacial score (nSPS) is 20.2. The monoisotopic (exact) mass is 271 g/mol. The number of Topliss-reactive ketones (excluding diaryl/α,β-unsaturated/α-hetero) is 1. The predicted molar refractivity (Wildman–Crippen MR) is 68.7 cm³/mol. The summed E-state index contributed by atoms with van der Waals surface area (Å²) < 4.78 is 9.68. The van der Waals surface area contributed by atoms with Crippen molar-refractivity contribution in [2.45, 2.75) is 18.9 Å². The maximum Gasteiger partial charge on any atom is 0.346 e. The summed E-state index contributed by atoms with van der Waals surface area (Å²) >= 11 is 0. The van der Waals surface area contributed by atoms with Gasteiger partial charge in [0.25, 0.3) is 0 Å². The zero-order valence-corrected chi connectivity index (χ0v) is 11.4. The van der Waals surface area contributed by atoms with Crippen LogP contribution in [0.3, 0.4) is 0 Å². The number of ketones is 1. The van der Waals surface area contributed by atoms with E-state index in [0.717, 1.165) is 20.2 Å². The Morgan fingerprint density at radius 2 is 2.00 bits per heavy atom. The van der Waals surface area contributed by atoms with Crippen molar-refractivity contribution in [2.75, 3.05) is 40.0 Å². The number of methoxy groups -OCH3 is 1. The van der Waals surface area contributed by atoms with Crippen molar-refractivity contribution >= 4 is 11.8 Å². The number of aliphatic hydroxyl groups is 1. The van der Waals surface area contributed by atoms with E-state index < -0.39 is 17.4 Å². The van der Waals surface area contributed by atoms with E-state index in [2.05, 4.69) is 9.64 Å². The minimum atomic E-state index is -2.07. The molecular weight excluding hydrogens is 250 g/mol. The molecule has 19 heavy (non-hydrogen) atoms. The molecule has 1 N–H and O–H groups in total. The Hall–Kier alpha value is -1.24. The molecule has 0 aromatic carbocycles. The number of morpholine rings is 1. The predicted octanol–water partition coefficient (Wildman–Crippen LogP) is -0.242. The third kappa shape index (κ3) is 4.41. The standard InChI is InChI=1S/C13H21NO5/c1-11(15)13(17,12(16)18-2)5-3-4-6-14-7-9-19-10-8-14/h3-4,17H,5-10H2,1-2H3/b4-3+/t13-/m0/s1. The largest absolute Gasteiger partial charge is 0.467 e. The molecule has 0 unspecified atom stereocenters. The number of carbonyl (C=O) groups is 2. The number of esters is 1. The number of carbonyl (C=O) groups excluding carboxylic acids is 2. The van der Waals surface area contributed by atoms with E-state index >= 15 is 0 Å². The maximum absolute atomic E-state index is 11.4. The van der Waals surface area contributed by atoms with E-state index in [1.807, 2.05) is 6.08 Å². The first kappa shape index (κ1) is 15.8. The molecule has 0 spiro atoms. The molecule has 1 aliphatic heterocycles. The minimum Gasteiger partial charge on any atom is -0.467 e. The lowest BCUT2D eigenvalue weighted by molar-refractivity contribution is -0.167. The third-order valence-electron chi connectivity index (χ3n) is 3.15. The van der Waals surface area contributed by atoms with Gasteiger partial charge in [0.05, 0.1) is 20.3 Å². The average molecular weight is 271 g/mol. The van der Waals surface area contributed by atoms with Crippen molar-refractivity contribution < 1.29 is 24.2 Å². The van der Waals surface area contributed by atoms with Crippen LogP contribution in [0.4, 0.5) is 0 Å². The van der Waals surface area contributed by atoms with Gasteiger partial charge in [0.2, 0.25) is 5.60 Å². The van der Waals surface area contributed by atoms with Crippen LogP contribution < -0.4 is 0 Å². The summed E-state index contributed by atoms with van der Waals surface area (Å²) in [6.45, 7) is 5.03. The van der Waals surface area contributed by atoms with Gasteiger partial charge < -0.3 is 14.6 Å². The van der Waals surface area contributed by atoms with E-state index in [4.69, 9.17) is 4.74 Å². The quantitative estimate of drug-likeness (QED) is 0.408. The van der Waals surface area contributed by atoms with Gasteiger partial charge in [0.1, 0.15) is 0 Å². The van der Waals surface area contributed by atoms with Gasteiger partial charge >= 0.3 is 5.97 Å². The van der Waals surface area contributed by atoms with E-state index in [1.54, 1.807) is 6.08 Å². The smallest absolute Gasteiger partial charge is 0.346 e. The summed E-state index contributed by atoms with van der Waals surface area (Å²) in [5, 5.41) is 9.99. The van der Waals surface area contributed by atoms with Crippen LogP contribution in [0.25, 0.3) is 0 Å². The maximum atomic E-state index is 11.4. The van der Waals surface area contributed by atoms with Gasteiger partial charge in [0, 0.05) is 26.1 Å². The number of ether oxygens (including phenoxy) is 2. The fourth-order valence-electron chi connectivity index (χ4n) is 1.80. The lowest BCUT2D eigenvalue weighted by Crippen LogP contribution is -2.45. The number of hydrogen-bond donors (Lipinski definition) is 1. The second kappa shape index (κ2) is 7.37. The molecule has 1 saturated heterocycles. The Balaban J connectivity index is 2.47. The highest BCUT2D eigenvalue weighted by molar-refractivity contribution is 6.05. The van der Waals surface area contributed by atoms with Gasteiger partial charge in [-0.25, -0.2) is 4.79 Å². The minimum absolute atomic E-state index is 0.0701. The van der Waals surface area contributed by atoms with Crippen molar-refractivity contribution in [2.24, 2.45) is 0 Å². The van der Waals surface area contributed by atoms with Gasteiger partial charge in [-0.1, -0.05) is 12.2 Å². The topological polar surface area (TPSA) is 76.1 Å². The van der Waals surface area contributed by atoms with Crippen LogP contribution in [0.2, 0.25) is 0 Å². The molecule has 1 heterocycles. The van der Waals surface area contributed by atoms with Crippen molar-refractivity contribution in [1.29, 1.82) is 0 Å². The van der Waals surface area contributed by atoms with Gasteiger partial charge in [-0.05, 0) is 6.92 Å². The summed E-state index contributed by atoms with van der Waals surface area (Å²) in [7, 11) is 1.15. The Kier molecular flexibility index (Phi) is 6.14. The molecule has 1 atom stereocenters. The molecule has 1 aliphatic rings. The van der Waals surface area contributed by atoms with Gasteiger partial charge in [0.15, 0.2) is 5.78 Å². The molecule has 0 aromatic heterocycles. The van der Waals surface area contributed by atoms with Crippen molar-refractivity contribution in [3.63, 3.8) is 0 Å². The molecule has 1 fully saturated rings. The summed E-state index contributed by atoms with van der Waals surface area (Å²) in [6.07, 6.45) is 3.40. The van der Waals surface area contributed by atoms with E-state index in [-0.39, 0.29) is 6.42 Å². The summed E-state index contributed by atoms with van der Waals surface area (Å²) in [4.78, 5) is 25.0. The molecule has 0 radical (unpaired) electrons. The second-order valence-electron chi connectivity index (χ2n) is 4.50. The molecule has 0 saturated carbocycles.